The van der Waals surface area contributed by atoms with Gasteiger partial charge in [0.15, 0.2) is 5.66 Å². The fourth-order valence-electron chi connectivity index (χ4n) is 2.09. The number of rotatable bonds is 8. The summed E-state index contributed by atoms with van der Waals surface area (Å²) in [7, 11) is -3.64. The fourth-order valence-corrected chi connectivity index (χ4v) is 4.14. The van der Waals surface area contributed by atoms with Crippen LogP contribution in [0.4, 0.5) is 0 Å². The van der Waals surface area contributed by atoms with Crippen LogP contribution in [0.3, 0.4) is 0 Å². The number of aryl methyl sites for hydroxylation is 1. The fraction of sp³-hybridized carbons (Fsp3) is 0.533. The minimum atomic E-state index is -3.64. The Labute approximate surface area is 126 Å². The van der Waals surface area contributed by atoms with Gasteiger partial charge in [-0.05, 0) is 38.8 Å². The highest BCUT2D eigenvalue weighted by atomic mass is 31.2. The van der Waals surface area contributed by atoms with Gasteiger partial charge in [-0.1, -0.05) is 24.3 Å². The molecule has 1 unspecified atom stereocenters. The molecule has 0 aliphatic carbocycles. The monoisotopic (exact) mass is 314 g/mol. The Morgan fingerprint density at radius 2 is 1.67 bits per heavy atom. The van der Waals surface area contributed by atoms with Crippen LogP contribution in [0.25, 0.3) is 0 Å². The summed E-state index contributed by atoms with van der Waals surface area (Å²) in [6.45, 7) is 7.58. The number of carbonyl (C=O) groups excluding carboxylic acids is 1. The first kappa shape index (κ1) is 17.9. The van der Waals surface area contributed by atoms with Gasteiger partial charge in [0.05, 0.1) is 19.8 Å². The molecule has 0 fully saturated rings. The molecule has 0 spiro atoms. The molecule has 0 aliphatic heterocycles. The van der Waals surface area contributed by atoms with Gasteiger partial charge < -0.3 is 13.8 Å². The highest BCUT2D eigenvalue weighted by molar-refractivity contribution is 7.55. The highest BCUT2D eigenvalue weighted by Crippen LogP contribution is 2.61. The Morgan fingerprint density at radius 1 is 1.10 bits per heavy atom. The van der Waals surface area contributed by atoms with Crippen LogP contribution in [0, 0.1) is 6.92 Å². The van der Waals surface area contributed by atoms with E-state index in [9.17, 15) is 9.36 Å². The molecule has 0 saturated heterocycles. The lowest BCUT2D eigenvalue weighted by Gasteiger charge is -2.26. The van der Waals surface area contributed by atoms with Crippen LogP contribution in [0.5, 0.6) is 0 Å². The van der Waals surface area contributed by atoms with E-state index < -0.39 is 19.2 Å². The van der Waals surface area contributed by atoms with E-state index in [-0.39, 0.29) is 19.8 Å². The van der Waals surface area contributed by atoms with Crippen molar-refractivity contribution >= 4 is 13.6 Å². The summed E-state index contributed by atoms with van der Waals surface area (Å²) in [5.74, 6) is -0.586. The number of carbonyl (C=O) groups is 1. The van der Waals surface area contributed by atoms with Crippen molar-refractivity contribution in [3.8, 4) is 0 Å². The Hall–Kier alpha value is -1.16. The zero-order chi connectivity index (χ0) is 15.9. The average molecular weight is 314 g/mol. The van der Waals surface area contributed by atoms with E-state index in [0.29, 0.717) is 5.56 Å². The molecule has 1 aromatic carbocycles. The lowest BCUT2D eigenvalue weighted by atomic mass is 10.1. The molecular formula is C15H23O5P. The number of hydrogen-bond acceptors (Lipinski definition) is 5. The van der Waals surface area contributed by atoms with E-state index in [1.165, 1.54) is 0 Å². The molecular weight excluding hydrogens is 291 g/mol. The molecule has 21 heavy (non-hydrogen) atoms. The predicted octanol–water partition coefficient (Wildman–Crippen LogP) is 3.87. The summed E-state index contributed by atoms with van der Waals surface area (Å²) in [6, 6.07) is 7.25. The van der Waals surface area contributed by atoms with Crippen molar-refractivity contribution in [1.29, 1.82) is 0 Å². The van der Waals surface area contributed by atoms with Crippen molar-refractivity contribution in [2.45, 2.75) is 33.4 Å². The molecule has 1 atom stereocenters. The number of ether oxygens (including phenoxy) is 1. The van der Waals surface area contributed by atoms with Crippen molar-refractivity contribution in [3.63, 3.8) is 0 Å². The Balaban J connectivity index is 3.33. The van der Waals surface area contributed by atoms with E-state index in [4.69, 9.17) is 13.8 Å². The SMILES string of the molecule is CCOC(=O)C(c1ccccc1C)P(=O)(OCC)OCC. The van der Waals surface area contributed by atoms with Crippen LogP contribution in [0.2, 0.25) is 0 Å². The van der Waals surface area contributed by atoms with Gasteiger partial charge in [0.1, 0.15) is 0 Å². The zero-order valence-corrected chi connectivity index (χ0v) is 13.9. The molecule has 6 heteroatoms. The standard InChI is InChI=1S/C15H23O5P/c1-5-18-15(16)14(13-11-9-8-10-12(13)4)21(17,19-6-2)20-7-3/h8-11,14H,5-7H2,1-4H3. The van der Waals surface area contributed by atoms with Crippen LogP contribution >= 0.6 is 7.60 Å². The van der Waals surface area contributed by atoms with E-state index >= 15 is 0 Å². The second-order valence-corrected chi connectivity index (χ2v) is 6.50. The third kappa shape index (κ3) is 4.40. The molecule has 5 nitrogen and oxygen atoms in total. The molecule has 1 aromatic rings. The third-order valence-electron chi connectivity index (χ3n) is 2.93. The summed E-state index contributed by atoms with van der Waals surface area (Å²) < 4.78 is 28.8. The Bertz CT molecular complexity index is 505. The normalized spacial score (nSPS) is 13.0. The molecule has 0 bridgehead atoms. The quantitative estimate of drug-likeness (QED) is 0.538. The summed E-state index contributed by atoms with van der Waals surface area (Å²) in [5, 5.41) is 0. The minimum Gasteiger partial charge on any atom is -0.465 e. The van der Waals surface area contributed by atoms with Crippen LogP contribution in [-0.4, -0.2) is 25.8 Å². The van der Waals surface area contributed by atoms with E-state index in [1.807, 2.05) is 19.1 Å². The maximum absolute atomic E-state index is 13.0. The van der Waals surface area contributed by atoms with E-state index in [2.05, 4.69) is 0 Å². The van der Waals surface area contributed by atoms with Crippen molar-refractivity contribution in [1.82, 2.24) is 0 Å². The van der Waals surface area contributed by atoms with Crippen LogP contribution in [0.15, 0.2) is 24.3 Å². The van der Waals surface area contributed by atoms with Crippen LogP contribution in [-0.2, 0) is 23.1 Å². The van der Waals surface area contributed by atoms with Gasteiger partial charge in [0, 0.05) is 0 Å². The first-order chi connectivity index (χ1) is 10.00. The molecule has 0 N–H and O–H groups in total. The van der Waals surface area contributed by atoms with Crippen molar-refractivity contribution in [2.24, 2.45) is 0 Å². The summed E-state index contributed by atoms with van der Waals surface area (Å²) in [5.41, 5.74) is 0.398. The van der Waals surface area contributed by atoms with Gasteiger partial charge in [-0.25, -0.2) is 0 Å². The number of benzene rings is 1. The summed E-state index contributed by atoms with van der Waals surface area (Å²) >= 11 is 0. The average Bonchev–Trinajstić information content (AvgIpc) is 2.42. The smallest absolute Gasteiger partial charge is 0.349 e. The summed E-state index contributed by atoms with van der Waals surface area (Å²) in [6.07, 6.45) is 0. The van der Waals surface area contributed by atoms with Crippen molar-refractivity contribution in [3.05, 3.63) is 35.4 Å². The summed E-state index contributed by atoms with van der Waals surface area (Å²) in [4.78, 5) is 12.3. The van der Waals surface area contributed by atoms with Gasteiger partial charge in [-0.2, -0.15) is 0 Å². The first-order valence-electron chi connectivity index (χ1n) is 7.11. The van der Waals surface area contributed by atoms with Crippen LogP contribution < -0.4 is 0 Å². The number of hydrogen-bond donors (Lipinski definition) is 0. The van der Waals surface area contributed by atoms with Gasteiger partial charge >= 0.3 is 13.6 Å². The van der Waals surface area contributed by atoms with Crippen molar-refractivity contribution in [2.75, 3.05) is 19.8 Å². The maximum atomic E-state index is 13.0. The van der Waals surface area contributed by atoms with E-state index in [1.54, 1.807) is 32.9 Å². The predicted molar refractivity (Wildman–Crippen MR) is 81.4 cm³/mol. The first-order valence-corrected chi connectivity index (χ1v) is 8.72. The zero-order valence-electron chi connectivity index (χ0n) is 13.0. The largest absolute Gasteiger partial charge is 0.465 e. The van der Waals surface area contributed by atoms with Gasteiger partial charge in [-0.15, -0.1) is 0 Å². The van der Waals surface area contributed by atoms with Gasteiger partial charge in [0.2, 0.25) is 0 Å². The lowest BCUT2D eigenvalue weighted by Crippen LogP contribution is -2.20. The second kappa shape index (κ2) is 8.32. The molecule has 0 aliphatic rings. The van der Waals surface area contributed by atoms with Gasteiger partial charge in [-0.3, -0.25) is 9.36 Å². The van der Waals surface area contributed by atoms with Crippen molar-refractivity contribution < 1.29 is 23.1 Å². The van der Waals surface area contributed by atoms with Crippen LogP contribution in [0.1, 0.15) is 37.6 Å². The molecule has 0 aromatic heterocycles. The number of esters is 1. The molecule has 0 amide bonds. The third-order valence-corrected chi connectivity index (χ3v) is 5.28. The molecule has 0 radical (unpaired) electrons. The van der Waals surface area contributed by atoms with Gasteiger partial charge in [0.25, 0.3) is 0 Å². The molecule has 0 saturated carbocycles. The minimum absolute atomic E-state index is 0.194. The molecule has 1 rings (SSSR count). The topological polar surface area (TPSA) is 61.8 Å². The lowest BCUT2D eigenvalue weighted by molar-refractivity contribution is -0.143. The Kier molecular flexibility index (Phi) is 7.09. The van der Waals surface area contributed by atoms with E-state index in [0.717, 1.165) is 5.56 Å². The molecule has 118 valence electrons. The highest BCUT2D eigenvalue weighted by Gasteiger charge is 2.44. The molecule has 0 heterocycles. The second-order valence-electron chi connectivity index (χ2n) is 4.39. The maximum Gasteiger partial charge on any atom is 0.349 e. The Morgan fingerprint density at radius 3 is 2.14 bits per heavy atom.